The molecular weight excluding hydrogens is 1900 g/mol. The van der Waals surface area contributed by atoms with E-state index < -0.39 is 17.9 Å². The molecule has 16 aromatic carbocycles. The summed E-state index contributed by atoms with van der Waals surface area (Å²) < 4.78 is 15.5. The van der Waals surface area contributed by atoms with Gasteiger partial charge in [0.25, 0.3) is 0 Å². The number of aryl methyl sites for hydroxylation is 1. The Morgan fingerprint density at radius 1 is 0.296 bits per heavy atom. The van der Waals surface area contributed by atoms with Gasteiger partial charge in [-0.2, -0.15) is 0 Å². The Kier molecular flexibility index (Phi) is 32.9. The van der Waals surface area contributed by atoms with Gasteiger partial charge in [0.2, 0.25) is 0 Å². The molecule has 686 valence electrons. The van der Waals surface area contributed by atoms with Crippen molar-refractivity contribution in [3.05, 3.63) is 368 Å². The van der Waals surface area contributed by atoms with Crippen LogP contribution in [-0.4, -0.2) is 38.6 Å². The quantitative estimate of drug-likeness (QED) is 0.0328. The van der Waals surface area contributed by atoms with Crippen molar-refractivity contribution >= 4 is 132 Å². The molecule has 0 saturated heterocycles. The molecule has 19 rings (SSSR count). The minimum absolute atomic E-state index is 0.153. The molecule has 3 aliphatic carbocycles. The number of carbonyl (C=O) groups is 3. The molecule has 0 bridgehead atoms. The van der Waals surface area contributed by atoms with E-state index in [9.17, 15) is 24.6 Å². The van der Waals surface area contributed by atoms with Crippen LogP contribution in [0, 0.1) is 17.8 Å². The molecule has 0 unspecified atom stereocenters. The number of halogens is 5. The number of esters is 2. The van der Waals surface area contributed by atoms with Gasteiger partial charge in [-0.05, 0) is 361 Å². The van der Waals surface area contributed by atoms with Crippen molar-refractivity contribution in [1.29, 1.82) is 0 Å². The number of hydrogen-bond donors (Lipinski definition) is 3. The van der Waals surface area contributed by atoms with Crippen molar-refractivity contribution in [2.75, 3.05) is 5.34 Å². The van der Waals surface area contributed by atoms with Crippen LogP contribution in [0.25, 0.3) is 121 Å². The van der Waals surface area contributed by atoms with E-state index in [0.29, 0.717) is 68.2 Å². The van der Waals surface area contributed by atoms with Crippen molar-refractivity contribution in [2.45, 2.75) is 174 Å². The molecule has 0 radical (unpaired) electrons. The van der Waals surface area contributed by atoms with Crippen molar-refractivity contribution in [2.24, 2.45) is 17.8 Å². The Bertz CT molecular complexity index is 6560. The zero-order chi connectivity index (χ0) is 94.0. The van der Waals surface area contributed by atoms with Crippen molar-refractivity contribution in [3.8, 4) is 101 Å². The van der Waals surface area contributed by atoms with Gasteiger partial charge in [0, 0.05) is 35.7 Å². The predicted molar refractivity (Wildman–Crippen MR) is 573 cm³/mol. The lowest BCUT2D eigenvalue weighted by Crippen LogP contribution is -2.13. The second-order valence-electron chi connectivity index (χ2n) is 36.7. The first-order valence-electron chi connectivity index (χ1n) is 48.0. The number of ether oxygens (including phenoxy) is 2. The minimum Gasteiger partial charge on any atom is -0.507 e. The summed E-state index contributed by atoms with van der Waals surface area (Å²) in [7, 11) is 0. The first-order valence-corrected chi connectivity index (χ1v) is 51.5. The van der Waals surface area contributed by atoms with E-state index in [1.165, 1.54) is 155 Å². The van der Waals surface area contributed by atoms with E-state index in [-0.39, 0.29) is 16.8 Å². The van der Waals surface area contributed by atoms with Gasteiger partial charge in [0.15, 0.2) is 0 Å². The number of phenols is 2. The van der Waals surface area contributed by atoms with Gasteiger partial charge in [-0.15, -0.1) is 23.2 Å². The van der Waals surface area contributed by atoms with E-state index in [4.69, 9.17) is 37.8 Å². The maximum absolute atomic E-state index is 14.1. The maximum atomic E-state index is 14.1. The molecule has 0 spiro atoms. The summed E-state index contributed by atoms with van der Waals surface area (Å²) in [6, 6.07) is 107. The summed E-state index contributed by atoms with van der Waals surface area (Å²) in [5.74, 6) is 3.74. The van der Waals surface area contributed by atoms with Crippen LogP contribution in [-0.2, 0) is 6.42 Å². The summed E-state index contributed by atoms with van der Waals surface area (Å²) in [6.45, 7) is 9.12. The number of aromatic carboxylic acids is 1. The number of rotatable bonds is 23. The zero-order valence-corrected chi connectivity index (χ0v) is 83.4. The predicted octanol–water partition coefficient (Wildman–Crippen LogP) is 36.8. The Balaban J connectivity index is 0.000000178. The molecule has 3 aliphatic rings. The summed E-state index contributed by atoms with van der Waals surface area (Å²) >= 11 is 19.7. The normalized spacial score (nSPS) is 16.4. The Labute approximate surface area is 829 Å². The van der Waals surface area contributed by atoms with E-state index >= 15 is 0 Å². The number of benzene rings is 16. The number of carbonyl (C=O) groups excluding carboxylic acids is 2. The second-order valence-corrected chi connectivity index (χ2v) is 40.2. The molecule has 0 atom stereocenters. The SMILES string of the molecule is CCCC1CCC(c2ccc(-c3ccc4c(-c5c(OC(=O)c6ccc(Br)cc6)ccc6cc(-c7ccc(C8CCC(CCC)CC8)cc7)ccc56)c(OC(=O)c5ccc(Br)cc5)ccc4c3)cc2)CC1.CCCc1ccc(-c2ccc(-c3ccc4c(-c5c(O)ccc6cc(-c7ccc(C8CCC(CCC)CC8)cc7)ccc56)c(O)ccc4c3)cc2)cc1.ClCCl.O=C(O)c1ccc(Br)cc1. The molecule has 3 N–H and O–H groups in total. The zero-order valence-electron chi connectivity index (χ0n) is 77.1. The average Bonchev–Trinajstić information content (AvgIpc) is 0.741. The van der Waals surface area contributed by atoms with Crippen molar-refractivity contribution in [3.63, 3.8) is 0 Å². The number of phenolic OH excluding ortho intramolecular Hbond substituents is 2. The lowest BCUT2D eigenvalue weighted by Gasteiger charge is -2.28. The fourth-order valence-electron chi connectivity index (χ4n) is 20.7. The molecule has 8 nitrogen and oxygen atoms in total. The summed E-state index contributed by atoms with van der Waals surface area (Å²) in [5.41, 5.74) is 21.0. The van der Waals surface area contributed by atoms with Gasteiger partial charge in [0.05, 0.1) is 22.0 Å². The lowest BCUT2D eigenvalue weighted by atomic mass is 9.77. The highest BCUT2D eigenvalue weighted by molar-refractivity contribution is 9.11. The van der Waals surface area contributed by atoms with Crippen LogP contribution in [0.2, 0.25) is 0 Å². The molecule has 135 heavy (non-hydrogen) atoms. The van der Waals surface area contributed by atoms with Gasteiger partial charge in [-0.25, -0.2) is 14.4 Å². The van der Waals surface area contributed by atoms with Crippen LogP contribution in [0.4, 0.5) is 0 Å². The topological polar surface area (TPSA) is 130 Å². The monoisotopic (exact) mass is 2010 g/mol. The maximum Gasteiger partial charge on any atom is 0.343 e. The van der Waals surface area contributed by atoms with Crippen LogP contribution >= 0.6 is 71.0 Å². The number of fused-ring (bicyclic) bond motifs is 4. The van der Waals surface area contributed by atoms with Gasteiger partial charge in [-0.3, -0.25) is 0 Å². The fraction of sp³-hybridized carbons (Fsp3) is 0.254. The number of carboxylic acids is 1. The summed E-state index contributed by atoms with van der Waals surface area (Å²) in [6.07, 6.45) is 25.8. The molecule has 3 saturated carbocycles. The highest BCUT2D eigenvalue weighted by Gasteiger charge is 2.29. The van der Waals surface area contributed by atoms with Crippen molar-refractivity contribution < 1.29 is 39.2 Å². The lowest BCUT2D eigenvalue weighted by molar-refractivity contribution is 0.0693. The van der Waals surface area contributed by atoms with Crippen molar-refractivity contribution in [1.82, 2.24) is 0 Å². The van der Waals surface area contributed by atoms with Crippen LogP contribution < -0.4 is 9.47 Å². The van der Waals surface area contributed by atoms with Crippen LogP contribution in [0.15, 0.2) is 329 Å². The first-order chi connectivity index (χ1) is 65.8. The average molecular weight is 2020 g/mol. The Hall–Kier alpha value is -11.4. The number of carboxylic acid groups (broad SMARTS) is 1. The Morgan fingerprint density at radius 3 is 0.830 bits per heavy atom. The molecule has 0 heterocycles. The highest BCUT2D eigenvalue weighted by Crippen LogP contribution is 2.51. The number of hydrogen-bond acceptors (Lipinski definition) is 7. The van der Waals surface area contributed by atoms with E-state index in [0.717, 1.165) is 126 Å². The molecule has 0 aromatic heterocycles. The number of alkyl halides is 2. The Morgan fingerprint density at radius 2 is 0.548 bits per heavy atom. The van der Waals surface area contributed by atoms with Gasteiger partial charge in [0.1, 0.15) is 23.0 Å². The van der Waals surface area contributed by atoms with E-state index in [1.54, 1.807) is 60.7 Å². The van der Waals surface area contributed by atoms with Gasteiger partial charge in [-0.1, -0.05) is 315 Å². The third-order valence-electron chi connectivity index (χ3n) is 27.9. The standard InChI is InChI=1S/C64H60Br2O4.C50H48O2.C7H5BrO2.CH2Cl2/c1-3-5-41-7-11-43(12-8-41)45-15-19-47(20-16-45)51-27-35-57-53(39-51)29-37-59(69-63(67)49-23-31-55(65)32-24-49)61(57)62-58-36-28-52(48-21-17-46(18-22-48)44-13-9-42(6-4-2)10-14-44)40-54(58)30-38-60(62)70-64(68)50-25-33-56(66)34-26-50;1-3-5-33-7-11-35(12-8-33)37-15-19-39(20-16-37)41-23-27-45-43(31-41)25-29-47(51)49(45)50-46-28-24-42(32-44(46)26-30-48(50)52)40-21-17-38(18-22-40)36-13-9-34(6-4-2)10-14-36;8-6-3-1-5(2-4-6)7(9)10;2-1-3/h15-44H,3-14H2,1-2H3;7-8,11-12,15-32,34,36,51-52H,3-6,9-10,13-14H2,1-2H3;1-4H,(H,9,10);1H2. The molecule has 3 fully saturated rings. The third kappa shape index (κ3) is 23.6. The van der Waals surface area contributed by atoms with E-state index in [1.807, 2.05) is 60.7 Å². The third-order valence-corrected chi connectivity index (χ3v) is 29.5. The molecule has 0 aliphatic heterocycles. The number of aromatic hydroxyl groups is 2. The molecule has 13 heteroatoms. The highest BCUT2D eigenvalue weighted by atomic mass is 79.9. The van der Waals surface area contributed by atoms with Crippen LogP contribution in [0.1, 0.15) is 221 Å². The van der Waals surface area contributed by atoms with E-state index in [2.05, 4.69) is 270 Å². The van der Waals surface area contributed by atoms with Crippen LogP contribution in [0.3, 0.4) is 0 Å². The van der Waals surface area contributed by atoms with Crippen LogP contribution in [0.5, 0.6) is 23.0 Å². The largest absolute Gasteiger partial charge is 0.507 e. The molecule has 0 amide bonds. The van der Waals surface area contributed by atoms with Gasteiger partial charge < -0.3 is 24.8 Å². The smallest absolute Gasteiger partial charge is 0.343 e. The minimum atomic E-state index is -0.896. The van der Waals surface area contributed by atoms with Gasteiger partial charge >= 0.3 is 17.9 Å². The summed E-state index contributed by atoms with van der Waals surface area (Å²) in [4.78, 5) is 38.4. The fourth-order valence-corrected chi connectivity index (χ4v) is 21.5. The first kappa shape index (κ1) is 96.7. The molecule has 16 aromatic rings. The molecular formula is C122H115Br3Cl2O8. The summed E-state index contributed by atoms with van der Waals surface area (Å²) in [5, 5.41) is 38.8. The second kappa shape index (κ2) is 46.0.